The Morgan fingerprint density at radius 2 is 1.80 bits per heavy atom. The molecule has 6 unspecified atom stereocenters. The van der Waals surface area contributed by atoms with Crippen LogP contribution < -0.4 is 10.6 Å². The molecule has 4 aliphatic heterocycles. The summed E-state index contributed by atoms with van der Waals surface area (Å²) in [6, 6.07) is 0.834. The van der Waals surface area contributed by atoms with Crippen molar-refractivity contribution >= 4 is 11.9 Å². The Hall–Kier alpha value is -3.40. The number of nitrogens with zero attached hydrogens (tertiary/aromatic N) is 2. The van der Waals surface area contributed by atoms with E-state index in [1.54, 1.807) is 5.57 Å². The summed E-state index contributed by atoms with van der Waals surface area (Å²) < 4.78 is 0. The van der Waals surface area contributed by atoms with Gasteiger partial charge in [-0.2, -0.15) is 0 Å². The molecule has 0 aromatic carbocycles. The van der Waals surface area contributed by atoms with Gasteiger partial charge in [-0.25, -0.2) is 0 Å². The van der Waals surface area contributed by atoms with E-state index in [4.69, 9.17) is 9.98 Å². The Bertz CT molecular complexity index is 1420. The maximum atomic E-state index is 5.33. The normalized spacial score (nSPS) is 38.6. The summed E-state index contributed by atoms with van der Waals surface area (Å²) in [5, 5.41) is 7.63. The molecule has 8 aliphatic rings. The van der Waals surface area contributed by atoms with Gasteiger partial charge < -0.3 is 10.6 Å². The third-order valence-corrected chi connectivity index (χ3v) is 10.6. The Balaban J connectivity index is 1.03. The van der Waals surface area contributed by atoms with Gasteiger partial charge >= 0.3 is 0 Å². The molecular weight excluding hydrogens is 500 g/mol. The topological polar surface area (TPSA) is 48.8 Å². The Morgan fingerprint density at radius 1 is 0.829 bits per heavy atom. The van der Waals surface area contributed by atoms with E-state index in [-0.39, 0.29) is 18.0 Å². The van der Waals surface area contributed by atoms with Crippen LogP contribution in [-0.2, 0) is 0 Å². The SMILES string of the molecule is C1=CC2NC([C@H]3C=CCC(C4=C[C@H](C5=NC6C7=C(C=CCN7)C=CC6C=C5)CC=C4)N=C3)=C3CCCCC3C2CC1. The second kappa shape index (κ2) is 10.8. The van der Waals surface area contributed by atoms with E-state index >= 15 is 0 Å². The number of nitrogens with one attached hydrogen (secondary N) is 2. The lowest BCUT2D eigenvalue weighted by atomic mass is 9.66. The van der Waals surface area contributed by atoms with Crippen LogP contribution in [0.3, 0.4) is 0 Å². The molecular formula is C37H42N4. The second-order valence-electron chi connectivity index (χ2n) is 13.0. The quantitative estimate of drug-likeness (QED) is 0.383. The first-order valence-corrected chi connectivity index (χ1v) is 16.1. The largest absolute Gasteiger partial charge is 0.383 e. The lowest BCUT2D eigenvalue weighted by Gasteiger charge is -2.45. The molecule has 8 rings (SSSR count). The van der Waals surface area contributed by atoms with Crippen molar-refractivity contribution in [3.8, 4) is 0 Å². The van der Waals surface area contributed by atoms with Crippen LogP contribution in [0.2, 0.25) is 0 Å². The molecule has 0 aromatic heterocycles. The third-order valence-electron chi connectivity index (χ3n) is 10.6. The van der Waals surface area contributed by atoms with Crippen molar-refractivity contribution < 1.29 is 0 Å². The minimum atomic E-state index is 0.169. The van der Waals surface area contributed by atoms with Crippen LogP contribution in [0.25, 0.3) is 0 Å². The average molecular weight is 543 g/mol. The molecule has 0 spiro atoms. The van der Waals surface area contributed by atoms with E-state index in [1.807, 2.05) is 0 Å². The molecule has 41 heavy (non-hydrogen) atoms. The van der Waals surface area contributed by atoms with Gasteiger partial charge in [-0.1, -0.05) is 79.3 Å². The highest BCUT2D eigenvalue weighted by atomic mass is 15.0. The molecule has 4 nitrogen and oxygen atoms in total. The fraction of sp³-hybridized carbons (Fsp3) is 0.459. The van der Waals surface area contributed by atoms with E-state index in [9.17, 15) is 0 Å². The summed E-state index contributed by atoms with van der Waals surface area (Å²) in [6.07, 6.45) is 42.5. The summed E-state index contributed by atoms with van der Waals surface area (Å²) in [5.74, 6) is 2.45. The molecule has 0 radical (unpaired) electrons. The maximum absolute atomic E-state index is 5.33. The van der Waals surface area contributed by atoms with E-state index < -0.39 is 0 Å². The summed E-state index contributed by atoms with van der Waals surface area (Å²) in [4.78, 5) is 10.6. The van der Waals surface area contributed by atoms with Crippen molar-refractivity contribution in [3.63, 3.8) is 0 Å². The fourth-order valence-electron chi connectivity index (χ4n) is 8.51. The van der Waals surface area contributed by atoms with Gasteiger partial charge in [-0.05, 0) is 79.6 Å². The van der Waals surface area contributed by atoms with Gasteiger partial charge in [0.1, 0.15) is 6.04 Å². The van der Waals surface area contributed by atoms with Crippen LogP contribution in [0, 0.1) is 29.6 Å². The van der Waals surface area contributed by atoms with E-state index in [0.717, 1.165) is 31.2 Å². The van der Waals surface area contributed by atoms with Crippen molar-refractivity contribution in [2.75, 3.05) is 6.54 Å². The van der Waals surface area contributed by atoms with Crippen molar-refractivity contribution in [2.45, 2.75) is 69.5 Å². The third kappa shape index (κ3) is 4.70. The molecule has 4 heterocycles. The average Bonchev–Trinajstić information content (AvgIpc) is 3.31. The smallest absolute Gasteiger partial charge is 0.100 e. The molecule has 1 fully saturated rings. The van der Waals surface area contributed by atoms with Crippen LogP contribution in [0.1, 0.15) is 51.4 Å². The first-order chi connectivity index (χ1) is 20.3. The van der Waals surface area contributed by atoms with Gasteiger partial charge in [0.15, 0.2) is 0 Å². The summed E-state index contributed by atoms with van der Waals surface area (Å²) in [7, 11) is 0. The molecule has 4 heteroatoms. The molecule has 210 valence electrons. The molecule has 0 amide bonds. The van der Waals surface area contributed by atoms with Gasteiger partial charge in [0.25, 0.3) is 0 Å². The lowest BCUT2D eigenvalue weighted by molar-refractivity contribution is 0.228. The highest BCUT2D eigenvalue weighted by molar-refractivity contribution is 5.99. The fourth-order valence-corrected chi connectivity index (χ4v) is 8.51. The first-order valence-electron chi connectivity index (χ1n) is 16.1. The molecule has 1 saturated carbocycles. The molecule has 0 bridgehead atoms. The number of allylic oxidation sites excluding steroid dienone is 9. The van der Waals surface area contributed by atoms with E-state index in [1.165, 1.54) is 66.8 Å². The standard InChI is InChI=1S/C37H42N4/c1-2-14-31-29(12-1)30-13-3-4-15-34(30)41-35(31)28-10-6-16-32(39-23-28)26-8-5-9-27(22-26)33-20-19-25-18-17-24-11-7-21-38-36(24)37(25)40-33/h4-8,10-11,15,17-20,22-23,25,27-30,32,34,37-38,41H,1-3,9,12-14,16,21H2/t25?,27-,28+,29?,30?,32?,34?,37?/m1/s1. The van der Waals surface area contributed by atoms with Crippen LogP contribution in [-0.4, -0.2) is 36.6 Å². The second-order valence-corrected chi connectivity index (χ2v) is 13.0. The Labute approximate surface area is 245 Å². The van der Waals surface area contributed by atoms with Crippen molar-refractivity contribution in [1.82, 2.24) is 10.6 Å². The zero-order valence-corrected chi connectivity index (χ0v) is 24.0. The van der Waals surface area contributed by atoms with E-state index in [2.05, 4.69) is 95.8 Å². The van der Waals surface area contributed by atoms with Crippen molar-refractivity contribution in [1.29, 1.82) is 0 Å². The van der Waals surface area contributed by atoms with Crippen LogP contribution >= 0.6 is 0 Å². The zero-order valence-electron chi connectivity index (χ0n) is 24.0. The predicted octanol–water partition coefficient (Wildman–Crippen LogP) is 6.87. The number of hydrogen-bond donors (Lipinski definition) is 2. The monoisotopic (exact) mass is 542 g/mol. The maximum Gasteiger partial charge on any atom is 0.100 e. The molecule has 2 N–H and O–H groups in total. The first kappa shape index (κ1) is 25.3. The van der Waals surface area contributed by atoms with Gasteiger partial charge in [0.05, 0.1) is 12.0 Å². The molecule has 4 aliphatic carbocycles. The lowest BCUT2D eigenvalue weighted by Crippen LogP contribution is -2.47. The predicted molar refractivity (Wildman–Crippen MR) is 170 cm³/mol. The van der Waals surface area contributed by atoms with Crippen molar-refractivity contribution in [2.24, 2.45) is 39.6 Å². The number of hydrogen-bond acceptors (Lipinski definition) is 4. The number of fused-ring (bicyclic) bond motifs is 5. The van der Waals surface area contributed by atoms with Crippen molar-refractivity contribution in [3.05, 3.63) is 107 Å². The number of dihydropyridines is 2. The molecule has 8 atom stereocenters. The Morgan fingerprint density at radius 3 is 2.80 bits per heavy atom. The minimum Gasteiger partial charge on any atom is -0.383 e. The highest BCUT2D eigenvalue weighted by Crippen LogP contribution is 2.45. The van der Waals surface area contributed by atoms with Gasteiger partial charge in [-0.3, -0.25) is 9.98 Å². The number of rotatable bonds is 3. The van der Waals surface area contributed by atoms with Crippen LogP contribution in [0.15, 0.2) is 117 Å². The summed E-state index contributed by atoms with van der Waals surface area (Å²) >= 11 is 0. The molecule has 0 saturated heterocycles. The summed E-state index contributed by atoms with van der Waals surface area (Å²) in [6.45, 7) is 0.890. The van der Waals surface area contributed by atoms with Gasteiger partial charge in [0.2, 0.25) is 0 Å². The van der Waals surface area contributed by atoms with E-state index in [0.29, 0.717) is 17.9 Å². The minimum absolute atomic E-state index is 0.169. The van der Waals surface area contributed by atoms with Gasteiger partial charge in [0, 0.05) is 47.7 Å². The number of aliphatic imine (C=N–C) groups is 2. The zero-order chi connectivity index (χ0) is 27.2. The van der Waals surface area contributed by atoms with Gasteiger partial charge in [-0.15, -0.1) is 0 Å². The molecule has 0 aromatic rings. The van der Waals surface area contributed by atoms with Crippen LogP contribution in [0.4, 0.5) is 0 Å². The Kier molecular flexibility index (Phi) is 6.66. The summed E-state index contributed by atoms with van der Waals surface area (Å²) in [5.41, 5.74) is 8.28. The highest BCUT2D eigenvalue weighted by Gasteiger charge is 2.40. The van der Waals surface area contributed by atoms with Crippen LogP contribution in [0.5, 0.6) is 0 Å².